The first kappa shape index (κ1) is 11.6. The Morgan fingerprint density at radius 1 is 1.26 bits per heavy atom. The summed E-state index contributed by atoms with van der Waals surface area (Å²) >= 11 is 0. The average Bonchev–Trinajstić information content (AvgIpc) is 2.89. The van der Waals surface area contributed by atoms with Gasteiger partial charge in [0, 0.05) is 19.4 Å². The molecule has 0 atom stereocenters. The molecule has 0 saturated carbocycles. The van der Waals surface area contributed by atoms with Crippen molar-refractivity contribution in [3.63, 3.8) is 0 Å². The van der Waals surface area contributed by atoms with Crippen LogP contribution in [0.25, 0.3) is 11.3 Å². The van der Waals surface area contributed by atoms with Gasteiger partial charge in [-0.25, -0.2) is 4.79 Å². The summed E-state index contributed by atoms with van der Waals surface area (Å²) in [5.41, 5.74) is 1.37. The van der Waals surface area contributed by atoms with E-state index in [4.69, 9.17) is 14.6 Å². The van der Waals surface area contributed by atoms with E-state index in [0.29, 0.717) is 17.2 Å². The first-order chi connectivity index (χ1) is 8.94. The van der Waals surface area contributed by atoms with Crippen LogP contribution in [0.15, 0.2) is 24.3 Å². The smallest absolute Gasteiger partial charge is 0.353 e. The molecule has 6 nitrogen and oxygen atoms in total. The second-order valence-electron chi connectivity index (χ2n) is 4.74. The zero-order valence-electron chi connectivity index (χ0n) is 10.4. The molecule has 1 aromatic carbocycles. The van der Waals surface area contributed by atoms with Gasteiger partial charge in [0.15, 0.2) is 11.5 Å². The molecule has 1 aliphatic rings. The van der Waals surface area contributed by atoms with E-state index < -0.39 is 11.8 Å². The fraction of sp³-hybridized carbons (Fsp3) is 0.231. The summed E-state index contributed by atoms with van der Waals surface area (Å²) in [4.78, 5) is 10.8. The maximum atomic E-state index is 10.8. The molecule has 0 aliphatic carbocycles. The number of nitrogens with zero attached hydrogens (tertiary/aromatic N) is 1. The molecule has 0 amide bonds. The van der Waals surface area contributed by atoms with Crippen molar-refractivity contribution < 1.29 is 19.4 Å². The van der Waals surface area contributed by atoms with E-state index in [1.807, 2.05) is 19.9 Å². The van der Waals surface area contributed by atoms with Crippen LogP contribution in [0.5, 0.6) is 11.5 Å². The minimum absolute atomic E-state index is 0.0491. The van der Waals surface area contributed by atoms with Crippen molar-refractivity contribution in [3.05, 3.63) is 30.0 Å². The molecular formula is C13H12N2O4. The van der Waals surface area contributed by atoms with E-state index in [2.05, 4.69) is 10.2 Å². The monoisotopic (exact) mass is 260 g/mol. The molecule has 2 aromatic rings. The minimum Gasteiger partial charge on any atom is -0.477 e. The molecule has 19 heavy (non-hydrogen) atoms. The van der Waals surface area contributed by atoms with E-state index in [0.717, 1.165) is 5.56 Å². The van der Waals surface area contributed by atoms with Gasteiger partial charge in [-0.05, 0) is 24.3 Å². The molecule has 2 N–H and O–H groups in total. The molecular weight excluding hydrogens is 248 g/mol. The van der Waals surface area contributed by atoms with Crippen molar-refractivity contribution in [2.75, 3.05) is 0 Å². The molecule has 1 aliphatic heterocycles. The highest BCUT2D eigenvalue weighted by Gasteiger charge is 2.31. The zero-order valence-corrected chi connectivity index (χ0v) is 10.4. The first-order valence-corrected chi connectivity index (χ1v) is 5.76. The number of carboxylic acids is 1. The Morgan fingerprint density at radius 2 is 2.00 bits per heavy atom. The second kappa shape index (κ2) is 3.74. The third-order valence-electron chi connectivity index (χ3n) is 2.76. The van der Waals surface area contributed by atoms with Gasteiger partial charge >= 0.3 is 5.97 Å². The molecule has 0 unspecified atom stereocenters. The van der Waals surface area contributed by atoms with Crippen LogP contribution in [0, 0.1) is 0 Å². The number of benzene rings is 1. The van der Waals surface area contributed by atoms with Gasteiger partial charge in [-0.2, -0.15) is 5.10 Å². The molecule has 0 saturated heterocycles. The van der Waals surface area contributed by atoms with Crippen LogP contribution in [-0.4, -0.2) is 27.1 Å². The van der Waals surface area contributed by atoms with Gasteiger partial charge in [0.2, 0.25) is 5.79 Å². The molecule has 98 valence electrons. The number of nitrogens with one attached hydrogen (secondary N) is 1. The quantitative estimate of drug-likeness (QED) is 0.865. The third kappa shape index (κ3) is 2.01. The van der Waals surface area contributed by atoms with Crippen LogP contribution in [0.4, 0.5) is 0 Å². The Kier molecular flexibility index (Phi) is 2.28. The van der Waals surface area contributed by atoms with Crippen LogP contribution in [0.3, 0.4) is 0 Å². The molecule has 0 bridgehead atoms. The number of fused-ring (bicyclic) bond motifs is 1. The van der Waals surface area contributed by atoms with Crippen molar-refractivity contribution in [1.82, 2.24) is 10.2 Å². The van der Waals surface area contributed by atoms with Crippen LogP contribution in [0.2, 0.25) is 0 Å². The number of rotatable bonds is 2. The number of aromatic nitrogens is 2. The van der Waals surface area contributed by atoms with Crippen molar-refractivity contribution in [1.29, 1.82) is 0 Å². The van der Waals surface area contributed by atoms with Gasteiger partial charge < -0.3 is 14.6 Å². The number of carboxylic acid groups (broad SMARTS) is 1. The third-order valence-corrected chi connectivity index (χ3v) is 2.76. The average molecular weight is 260 g/mol. The Hall–Kier alpha value is -2.50. The van der Waals surface area contributed by atoms with Crippen LogP contribution in [-0.2, 0) is 0 Å². The number of ether oxygens (including phenoxy) is 2. The number of hydrogen-bond acceptors (Lipinski definition) is 4. The van der Waals surface area contributed by atoms with Gasteiger partial charge in [0.25, 0.3) is 0 Å². The topological polar surface area (TPSA) is 84.4 Å². The predicted octanol–water partition coefficient (Wildman–Crippen LogP) is 2.28. The summed E-state index contributed by atoms with van der Waals surface area (Å²) in [5, 5.41) is 15.3. The Morgan fingerprint density at radius 3 is 2.68 bits per heavy atom. The lowest BCUT2D eigenvalue weighted by molar-refractivity contribution is -0.0431. The molecule has 1 aromatic heterocycles. The fourth-order valence-electron chi connectivity index (χ4n) is 1.96. The van der Waals surface area contributed by atoms with Gasteiger partial charge in [-0.15, -0.1) is 0 Å². The SMILES string of the molecule is CC1(C)Oc2ccc(-c3cc(C(=O)O)[nH]n3)cc2O1. The summed E-state index contributed by atoms with van der Waals surface area (Å²) in [6, 6.07) is 6.86. The molecule has 6 heteroatoms. The number of H-pyrrole nitrogens is 1. The molecule has 0 radical (unpaired) electrons. The van der Waals surface area contributed by atoms with Crippen molar-refractivity contribution >= 4 is 5.97 Å². The summed E-state index contributed by atoms with van der Waals surface area (Å²) in [6.07, 6.45) is 0. The number of aromatic amines is 1. The molecule has 3 rings (SSSR count). The van der Waals surface area contributed by atoms with Gasteiger partial charge in [-0.3, -0.25) is 5.10 Å². The highest BCUT2D eigenvalue weighted by molar-refractivity contribution is 5.86. The minimum atomic E-state index is -1.04. The molecule has 2 heterocycles. The normalized spacial score (nSPS) is 15.5. The van der Waals surface area contributed by atoms with E-state index in [1.165, 1.54) is 6.07 Å². The van der Waals surface area contributed by atoms with Crippen LogP contribution >= 0.6 is 0 Å². The van der Waals surface area contributed by atoms with E-state index in [-0.39, 0.29) is 5.69 Å². The Bertz CT molecular complexity index is 660. The summed E-state index contributed by atoms with van der Waals surface area (Å²) < 4.78 is 11.2. The van der Waals surface area contributed by atoms with Crippen LogP contribution in [0.1, 0.15) is 24.3 Å². The van der Waals surface area contributed by atoms with Crippen LogP contribution < -0.4 is 9.47 Å². The summed E-state index contributed by atoms with van der Waals surface area (Å²) in [7, 11) is 0. The maximum absolute atomic E-state index is 10.8. The van der Waals surface area contributed by atoms with E-state index in [1.54, 1.807) is 12.1 Å². The van der Waals surface area contributed by atoms with Crippen molar-refractivity contribution in [3.8, 4) is 22.8 Å². The maximum Gasteiger partial charge on any atom is 0.353 e. The standard InChI is InChI=1S/C13H12N2O4/c1-13(2)18-10-4-3-7(5-11(10)19-13)8-6-9(12(16)17)15-14-8/h3-6H,1-2H3,(H,14,15)(H,16,17). The van der Waals surface area contributed by atoms with Gasteiger partial charge in [0.05, 0.1) is 5.69 Å². The second-order valence-corrected chi connectivity index (χ2v) is 4.74. The fourth-order valence-corrected chi connectivity index (χ4v) is 1.96. The Balaban J connectivity index is 1.97. The lowest BCUT2D eigenvalue weighted by Crippen LogP contribution is -2.29. The van der Waals surface area contributed by atoms with E-state index in [9.17, 15) is 4.79 Å². The van der Waals surface area contributed by atoms with E-state index >= 15 is 0 Å². The highest BCUT2D eigenvalue weighted by Crippen LogP contribution is 2.41. The number of carbonyl (C=O) groups is 1. The lowest BCUT2D eigenvalue weighted by Gasteiger charge is -2.16. The number of aromatic carboxylic acids is 1. The van der Waals surface area contributed by atoms with Gasteiger partial charge in [0.1, 0.15) is 5.69 Å². The molecule has 0 fully saturated rings. The predicted molar refractivity (Wildman–Crippen MR) is 66.3 cm³/mol. The molecule has 0 spiro atoms. The summed E-state index contributed by atoms with van der Waals surface area (Å²) in [6.45, 7) is 3.65. The first-order valence-electron chi connectivity index (χ1n) is 5.76. The zero-order chi connectivity index (χ0) is 13.6. The van der Waals surface area contributed by atoms with Crippen molar-refractivity contribution in [2.24, 2.45) is 0 Å². The largest absolute Gasteiger partial charge is 0.477 e. The van der Waals surface area contributed by atoms with Crippen molar-refractivity contribution in [2.45, 2.75) is 19.6 Å². The number of hydrogen-bond donors (Lipinski definition) is 2. The Labute approximate surface area is 109 Å². The highest BCUT2D eigenvalue weighted by atomic mass is 16.7. The lowest BCUT2D eigenvalue weighted by atomic mass is 10.1. The summed E-state index contributed by atoms with van der Waals surface area (Å²) in [5.74, 6) is -0.426. The van der Waals surface area contributed by atoms with Gasteiger partial charge in [-0.1, -0.05) is 0 Å².